The van der Waals surface area contributed by atoms with Crippen LogP contribution in [0.1, 0.15) is 33.6 Å². The summed E-state index contributed by atoms with van der Waals surface area (Å²) in [5.41, 5.74) is -0.565. The monoisotopic (exact) mass is 194 g/mol. The normalized spacial score (nSPS) is 40.2. The number of phosphoric ester groups is 1. The molecular weight excluding hydrogens is 179 g/mol. The van der Waals surface area contributed by atoms with Crippen molar-refractivity contribution in [3.8, 4) is 0 Å². The number of hydrogen-bond donors (Lipinski definition) is 1. The van der Waals surface area contributed by atoms with Crippen molar-refractivity contribution in [3.05, 3.63) is 0 Å². The van der Waals surface area contributed by atoms with E-state index in [4.69, 9.17) is 13.9 Å². The zero-order chi connectivity index (χ0) is 9.41. The second-order valence-corrected chi connectivity index (χ2v) is 4.41. The van der Waals surface area contributed by atoms with E-state index in [1.54, 1.807) is 6.92 Å². The molecule has 1 heterocycles. The lowest BCUT2D eigenvalue weighted by Crippen LogP contribution is -2.36. The molecule has 0 aromatic rings. The molecule has 1 saturated heterocycles. The molecular formula is C7H15O4P. The third-order valence-electron chi connectivity index (χ3n) is 2.53. The van der Waals surface area contributed by atoms with Gasteiger partial charge in [0, 0.05) is 0 Å². The Morgan fingerprint density at radius 3 is 2.17 bits per heavy atom. The van der Waals surface area contributed by atoms with E-state index in [1.807, 2.05) is 13.8 Å². The third-order valence-corrected chi connectivity index (χ3v) is 3.70. The summed E-state index contributed by atoms with van der Waals surface area (Å²) in [6.45, 7) is 5.62. The number of hydrogen-bond acceptors (Lipinski definition) is 3. The van der Waals surface area contributed by atoms with Crippen molar-refractivity contribution in [1.82, 2.24) is 0 Å². The van der Waals surface area contributed by atoms with E-state index in [1.165, 1.54) is 0 Å². The second-order valence-electron chi connectivity index (χ2n) is 3.08. The van der Waals surface area contributed by atoms with Crippen LogP contribution in [0.5, 0.6) is 0 Å². The van der Waals surface area contributed by atoms with Crippen LogP contribution in [-0.2, 0) is 13.6 Å². The highest BCUT2D eigenvalue weighted by molar-refractivity contribution is 7.47. The van der Waals surface area contributed by atoms with Crippen LogP contribution in [0.25, 0.3) is 0 Å². The molecule has 72 valence electrons. The minimum atomic E-state index is -3.75. The molecule has 12 heavy (non-hydrogen) atoms. The molecule has 5 heteroatoms. The van der Waals surface area contributed by atoms with Gasteiger partial charge in [-0.15, -0.1) is 0 Å². The molecule has 1 aliphatic heterocycles. The first-order valence-corrected chi connectivity index (χ1v) is 5.67. The van der Waals surface area contributed by atoms with Gasteiger partial charge in [-0.25, -0.2) is 4.57 Å². The maximum Gasteiger partial charge on any atom is 0.473 e. The van der Waals surface area contributed by atoms with Gasteiger partial charge in [-0.1, -0.05) is 13.8 Å². The highest BCUT2D eigenvalue weighted by Crippen LogP contribution is 2.58. The van der Waals surface area contributed by atoms with Crippen molar-refractivity contribution >= 4 is 7.82 Å². The Labute approximate surface area is 72.5 Å². The molecule has 0 aromatic heterocycles. The average Bonchev–Trinajstić information content (AvgIpc) is 2.21. The van der Waals surface area contributed by atoms with Gasteiger partial charge in [0.25, 0.3) is 0 Å². The lowest BCUT2D eigenvalue weighted by atomic mass is 9.92. The van der Waals surface area contributed by atoms with E-state index in [9.17, 15) is 4.57 Å². The summed E-state index contributed by atoms with van der Waals surface area (Å²) in [6, 6.07) is 0. The van der Waals surface area contributed by atoms with E-state index in [2.05, 4.69) is 0 Å². The molecule has 1 N–H and O–H groups in total. The van der Waals surface area contributed by atoms with Crippen LogP contribution in [0.3, 0.4) is 0 Å². The van der Waals surface area contributed by atoms with Crippen molar-refractivity contribution in [3.63, 3.8) is 0 Å². The maximum absolute atomic E-state index is 11.1. The fourth-order valence-electron chi connectivity index (χ4n) is 1.58. The fourth-order valence-corrected chi connectivity index (χ4v) is 3.08. The van der Waals surface area contributed by atoms with Crippen molar-refractivity contribution in [2.24, 2.45) is 0 Å². The van der Waals surface area contributed by atoms with Crippen molar-refractivity contribution in [2.45, 2.75) is 45.3 Å². The third kappa shape index (κ3) is 1.57. The standard InChI is InChI=1S/C7H15O4P/c1-4-7(5-2)6(3)10-12(8,9)11-7/h6H,4-5H2,1-3H3,(H,8,9). The molecule has 2 atom stereocenters. The molecule has 1 fully saturated rings. The van der Waals surface area contributed by atoms with Gasteiger partial charge in [-0.05, 0) is 19.8 Å². The van der Waals surface area contributed by atoms with Crippen LogP contribution >= 0.6 is 7.82 Å². The van der Waals surface area contributed by atoms with Gasteiger partial charge in [0.15, 0.2) is 0 Å². The van der Waals surface area contributed by atoms with E-state index in [0.717, 1.165) is 0 Å². The second kappa shape index (κ2) is 3.11. The van der Waals surface area contributed by atoms with Gasteiger partial charge in [-0.3, -0.25) is 9.05 Å². The summed E-state index contributed by atoms with van der Waals surface area (Å²) in [5, 5.41) is 0. The first-order valence-electron chi connectivity index (χ1n) is 4.17. The van der Waals surface area contributed by atoms with Gasteiger partial charge in [0.05, 0.1) is 6.10 Å². The Kier molecular flexibility index (Phi) is 2.64. The van der Waals surface area contributed by atoms with E-state index in [0.29, 0.717) is 12.8 Å². The van der Waals surface area contributed by atoms with Crippen LogP contribution in [0.2, 0.25) is 0 Å². The fraction of sp³-hybridized carbons (Fsp3) is 1.00. The summed E-state index contributed by atoms with van der Waals surface area (Å²) in [7, 11) is -3.75. The lowest BCUT2D eigenvalue weighted by Gasteiger charge is -2.26. The molecule has 1 aliphatic rings. The summed E-state index contributed by atoms with van der Waals surface area (Å²) < 4.78 is 20.9. The van der Waals surface area contributed by atoms with E-state index < -0.39 is 13.4 Å². The zero-order valence-electron chi connectivity index (χ0n) is 7.61. The molecule has 4 nitrogen and oxygen atoms in total. The molecule has 0 aromatic carbocycles. The molecule has 0 amide bonds. The summed E-state index contributed by atoms with van der Waals surface area (Å²) >= 11 is 0. The Balaban J connectivity index is 2.86. The Morgan fingerprint density at radius 2 is 2.00 bits per heavy atom. The molecule has 0 aliphatic carbocycles. The van der Waals surface area contributed by atoms with Gasteiger partial charge >= 0.3 is 7.82 Å². The number of phosphoric acid groups is 1. The smallest absolute Gasteiger partial charge is 0.302 e. The first-order chi connectivity index (χ1) is 5.46. The van der Waals surface area contributed by atoms with Crippen molar-refractivity contribution < 1.29 is 18.5 Å². The van der Waals surface area contributed by atoms with Gasteiger partial charge < -0.3 is 4.89 Å². The SMILES string of the molecule is CCC1(CC)OP(=O)(O)OC1C. The predicted molar refractivity (Wildman–Crippen MR) is 44.8 cm³/mol. The Hall–Kier alpha value is 0.110. The van der Waals surface area contributed by atoms with E-state index in [-0.39, 0.29) is 6.10 Å². The highest BCUT2D eigenvalue weighted by atomic mass is 31.2. The summed E-state index contributed by atoms with van der Waals surface area (Å²) in [6.07, 6.45) is 1.08. The molecule has 0 spiro atoms. The Bertz CT molecular complexity index is 211. The minimum Gasteiger partial charge on any atom is -0.302 e. The minimum absolute atomic E-state index is 0.302. The highest BCUT2D eigenvalue weighted by Gasteiger charge is 2.50. The van der Waals surface area contributed by atoms with Crippen molar-refractivity contribution in [2.75, 3.05) is 0 Å². The first kappa shape index (κ1) is 10.2. The quantitative estimate of drug-likeness (QED) is 0.684. The van der Waals surface area contributed by atoms with Crippen LogP contribution < -0.4 is 0 Å². The van der Waals surface area contributed by atoms with Gasteiger partial charge in [-0.2, -0.15) is 0 Å². The van der Waals surface area contributed by atoms with Crippen LogP contribution in [-0.4, -0.2) is 16.6 Å². The lowest BCUT2D eigenvalue weighted by molar-refractivity contribution is 0.0365. The molecule has 2 unspecified atom stereocenters. The Morgan fingerprint density at radius 1 is 1.50 bits per heavy atom. The van der Waals surface area contributed by atoms with Gasteiger partial charge in [0.2, 0.25) is 0 Å². The predicted octanol–water partition coefficient (Wildman–Crippen LogP) is 2.08. The maximum atomic E-state index is 11.1. The average molecular weight is 194 g/mol. The zero-order valence-corrected chi connectivity index (χ0v) is 8.51. The van der Waals surface area contributed by atoms with Crippen molar-refractivity contribution in [1.29, 1.82) is 0 Å². The van der Waals surface area contributed by atoms with E-state index >= 15 is 0 Å². The molecule has 0 saturated carbocycles. The summed E-state index contributed by atoms with van der Waals surface area (Å²) in [5.74, 6) is 0. The largest absolute Gasteiger partial charge is 0.473 e. The molecule has 0 radical (unpaired) electrons. The van der Waals surface area contributed by atoms with Crippen LogP contribution in [0.4, 0.5) is 0 Å². The van der Waals surface area contributed by atoms with Gasteiger partial charge in [0.1, 0.15) is 5.60 Å². The number of rotatable bonds is 2. The van der Waals surface area contributed by atoms with Crippen LogP contribution in [0, 0.1) is 0 Å². The topological polar surface area (TPSA) is 55.8 Å². The molecule has 1 rings (SSSR count). The molecule has 0 bridgehead atoms. The van der Waals surface area contributed by atoms with Crippen LogP contribution in [0.15, 0.2) is 0 Å². The summed E-state index contributed by atoms with van der Waals surface area (Å²) in [4.78, 5) is 9.07.